The summed E-state index contributed by atoms with van der Waals surface area (Å²) in [7, 11) is 1.66. The normalized spacial score (nSPS) is 18.3. The van der Waals surface area contributed by atoms with E-state index in [2.05, 4.69) is 20.4 Å². The lowest BCUT2D eigenvalue weighted by Gasteiger charge is -2.10. The van der Waals surface area contributed by atoms with Gasteiger partial charge < -0.3 is 10.1 Å². The van der Waals surface area contributed by atoms with Crippen molar-refractivity contribution in [2.75, 3.05) is 7.11 Å². The molecule has 4 rings (SSSR count). The third-order valence-corrected chi connectivity index (χ3v) is 4.62. The van der Waals surface area contributed by atoms with Crippen molar-refractivity contribution in [3.63, 3.8) is 0 Å². The van der Waals surface area contributed by atoms with E-state index < -0.39 is 0 Å². The summed E-state index contributed by atoms with van der Waals surface area (Å²) in [5.74, 6) is 1.76. The maximum atomic E-state index is 12.6. The second-order valence-corrected chi connectivity index (χ2v) is 6.23. The molecule has 0 aliphatic heterocycles. The van der Waals surface area contributed by atoms with Gasteiger partial charge in [0.15, 0.2) is 5.82 Å². The number of nitrogens with one attached hydrogen (secondary N) is 1. The highest BCUT2D eigenvalue weighted by Crippen LogP contribution is 2.50. The van der Waals surface area contributed by atoms with Gasteiger partial charge in [-0.3, -0.25) is 4.79 Å². The number of aromatic nitrogens is 4. The van der Waals surface area contributed by atoms with E-state index in [0.717, 1.165) is 23.3 Å². The Hall–Kier alpha value is -3.22. The Morgan fingerprint density at radius 2 is 2.19 bits per heavy atom. The first-order valence-electron chi connectivity index (χ1n) is 8.47. The van der Waals surface area contributed by atoms with E-state index in [1.807, 2.05) is 36.4 Å². The van der Waals surface area contributed by atoms with E-state index in [1.165, 1.54) is 6.33 Å². The highest BCUT2D eigenvalue weighted by molar-refractivity contribution is 5.83. The van der Waals surface area contributed by atoms with Gasteiger partial charge in [0.25, 0.3) is 0 Å². The third-order valence-electron chi connectivity index (χ3n) is 4.62. The minimum Gasteiger partial charge on any atom is -0.496 e. The first-order chi connectivity index (χ1) is 12.8. The molecule has 0 bridgehead atoms. The fraction of sp³-hybridized carbons (Fsp3) is 0.263. The number of ether oxygens (including phenoxy) is 1. The Balaban J connectivity index is 1.42. The van der Waals surface area contributed by atoms with Crippen molar-refractivity contribution in [3.05, 3.63) is 66.4 Å². The van der Waals surface area contributed by atoms with Crippen molar-refractivity contribution in [1.82, 2.24) is 25.1 Å². The summed E-state index contributed by atoms with van der Waals surface area (Å²) < 4.78 is 7.00. The minimum absolute atomic E-state index is 0.0159. The number of pyridine rings is 1. The number of rotatable bonds is 6. The molecule has 2 aromatic heterocycles. The topological polar surface area (TPSA) is 81.9 Å². The molecule has 2 heterocycles. The van der Waals surface area contributed by atoms with Crippen molar-refractivity contribution < 1.29 is 9.53 Å². The average Bonchev–Trinajstić information content (AvgIpc) is 3.30. The zero-order chi connectivity index (χ0) is 17.9. The largest absolute Gasteiger partial charge is 0.496 e. The highest BCUT2D eigenvalue weighted by Gasteiger charge is 2.45. The molecular formula is C19H19N5O2. The van der Waals surface area contributed by atoms with Crippen LogP contribution in [0.5, 0.6) is 5.75 Å². The molecule has 1 fully saturated rings. The van der Waals surface area contributed by atoms with Gasteiger partial charge in [0.1, 0.15) is 18.4 Å². The number of carbonyl (C=O) groups excluding carboxylic acids is 1. The first kappa shape index (κ1) is 16.3. The van der Waals surface area contributed by atoms with Gasteiger partial charge in [0, 0.05) is 24.2 Å². The molecule has 1 aliphatic carbocycles. The molecule has 7 nitrogen and oxygen atoms in total. The number of amides is 1. The van der Waals surface area contributed by atoms with E-state index >= 15 is 0 Å². The van der Waals surface area contributed by atoms with Crippen LogP contribution >= 0.6 is 0 Å². The summed E-state index contributed by atoms with van der Waals surface area (Å²) in [6.07, 6.45) is 5.58. The Kier molecular flexibility index (Phi) is 4.35. The Morgan fingerprint density at radius 3 is 3.00 bits per heavy atom. The van der Waals surface area contributed by atoms with E-state index in [4.69, 9.17) is 4.74 Å². The zero-order valence-electron chi connectivity index (χ0n) is 14.4. The second-order valence-electron chi connectivity index (χ2n) is 6.23. The van der Waals surface area contributed by atoms with Crippen LogP contribution in [-0.4, -0.2) is 32.8 Å². The van der Waals surface area contributed by atoms with E-state index in [0.29, 0.717) is 12.4 Å². The van der Waals surface area contributed by atoms with Crippen LogP contribution in [0.2, 0.25) is 0 Å². The quantitative estimate of drug-likeness (QED) is 0.737. The molecule has 1 saturated carbocycles. The fourth-order valence-electron chi connectivity index (χ4n) is 3.21. The van der Waals surface area contributed by atoms with Crippen LogP contribution in [-0.2, 0) is 11.3 Å². The molecular weight excluding hydrogens is 330 g/mol. The summed E-state index contributed by atoms with van der Waals surface area (Å²) in [5.41, 5.74) is 1.99. The summed E-state index contributed by atoms with van der Waals surface area (Å²) in [4.78, 5) is 20.8. The van der Waals surface area contributed by atoms with Gasteiger partial charge in [0.05, 0.1) is 7.11 Å². The van der Waals surface area contributed by atoms with Crippen LogP contribution in [0.25, 0.3) is 5.82 Å². The molecule has 2 atom stereocenters. The van der Waals surface area contributed by atoms with Crippen LogP contribution in [0.3, 0.4) is 0 Å². The molecule has 0 unspecified atom stereocenters. The average molecular weight is 349 g/mol. The monoisotopic (exact) mass is 349 g/mol. The number of para-hydroxylation sites is 1. The number of hydrogen-bond donors (Lipinski definition) is 1. The molecule has 0 saturated heterocycles. The number of carbonyl (C=O) groups is 1. The maximum absolute atomic E-state index is 12.6. The van der Waals surface area contributed by atoms with Crippen molar-refractivity contribution in [1.29, 1.82) is 0 Å². The maximum Gasteiger partial charge on any atom is 0.224 e. The lowest BCUT2D eigenvalue weighted by molar-refractivity contribution is -0.122. The molecule has 1 aliphatic rings. The zero-order valence-corrected chi connectivity index (χ0v) is 14.4. The first-order valence-corrected chi connectivity index (χ1v) is 8.47. The van der Waals surface area contributed by atoms with Crippen molar-refractivity contribution in [2.24, 2.45) is 5.92 Å². The highest BCUT2D eigenvalue weighted by atomic mass is 16.5. The molecule has 1 N–H and O–H groups in total. The van der Waals surface area contributed by atoms with Crippen LogP contribution < -0.4 is 10.1 Å². The third kappa shape index (κ3) is 3.15. The minimum atomic E-state index is -0.0159. The van der Waals surface area contributed by atoms with Gasteiger partial charge in [-0.1, -0.05) is 24.3 Å². The SMILES string of the molecule is COc1ccccc1[C@H]1C[C@H]1C(=O)NCc1cccnc1-n1cncn1. The Labute approximate surface area is 151 Å². The predicted molar refractivity (Wildman–Crippen MR) is 94.8 cm³/mol. The van der Waals surface area contributed by atoms with Gasteiger partial charge in [-0.05, 0) is 30.0 Å². The summed E-state index contributed by atoms with van der Waals surface area (Å²) in [6.45, 7) is 0.400. The molecule has 26 heavy (non-hydrogen) atoms. The fourth-order valence-corrected chi connectivity index (χ4v) is 3.21. The summed E-state index contributed by atoms with van der Waals surface area (Å²) >= 11 is 0. The number of nitrogens with zero attached hydrogens (tertiary/aromatic N) is 4. The van der Waals surface area contributed by atoms with Crippen LogP contribution in [0.1, 0.15) is 23.5 Å². The van der Waals surface area contributed by atoms with Gasteiger partial charge in [-0.25, -0.2) is 14.6 Å². The van der Waals surface area contributed by atoms with Gasteiger partial charge >= 0.3 is 0 Å². The molecule has 0 spiro atoms. The molecule has 0 radical (unpaired) electrons. The van der Waals surface area contributed by atoms with Crippen LogP contribution in [0, 0.1) is 5.92 Å². The van der Waals surface area contributed by atoms with Crippen LogP contribution in [0.4, 0.5) is 0 Å². The molecule has 1 aromatic carbocycles. The van der Waals surface area contributed by atoms with E-state index in [-0.39, 0.29) is 17.7 Å². The van der Waals surface area contributed by atoms with E-state index in [9.17, 15) is 4.79 Å². The number of hydrogen-bond acceptors (Lipinski definition) is 5. The van der Waals surface area contributed by atoms with Crippen molar-refractivity contribution >= 4 is 5.91 Å². The van der Waals surface area contributed by atoms with Crippen molar-refractivity contribution in [2.45, 2.75) is 18.9 Å². The lowest BCUT2D eigenvalue weighted by atomic mass is 10.1. The molecule has 7 heteroatoms. The van der Waals surface area contributed by atoms with Gasteiger partial charge in [0.2, 0.25) is 5.91 Å². The lowest BCUT2D eigenvalue weighted by Crippen LogP contribution is -2.25. The van der Waals surface area contributed by atoms with Gasteiger partial charge in [-0.2, -0.15) is 5.10 Å². The van der Waals surface area contributed by atoms with Gasteiger partial charge in [-0.15, -0.1) is 0 Å². The number of benzene rings is 1. The van der Waals surface area contributed by atoms with Crippen molar-refractivity contribution in [3.8, 4) is 11.6 Å². The smallest absolute Gasteiger partial charge is 0.224 e. The Morgan fingerprint density at radius 1 is 1.31 bits per heavy atom. The number of methoxy groups -OCH3 is 1. The van der Waals surface area contributed by atoms with E-state index in [1.54, 1.807) is 24.3 Å². The summed E-state index contributed by atoms with van der Waals surface area (Å²) in [6, 6.07) is 11.6. The molecule has 3 aromatic rings. The summed E-state index contributed by atoms with van der Waals surface area (Å²) in [5, 5.41) is 7.13. The Bertz CT molecular complexity index is 910. The van der Waals surface area contributed by atoms with Crippen LogP contribution in [0.15, 0.2) is 55.2 Å². The molecule has 1 amide bonds. The standard InChI is InChI=1S/C19H19N5O2/c1-26-17-7-3-2-6-14(17)15-9-16(15)19(25)22-10-13-5-4-8-21-18(13)24-12-20-11-23-24/h2-8,11-12,15-16H,9-10H2,1H3,(H,22,25)/t15-,16-/m1/s1. The molecule has 132 valence electrons. The second kappa shape index (κ2) is 6.95. The predicted octanol–water partition coefficient (Wildman–Crippen LogP) is 2.09.